The second-order valence-corrected chi connectivity index (χ2v) is 7.29. The van der Waals surface area contributed by atoms with E-state index in [2.05, 4.69) is 5.32 Å². The smallest absolute Gasteiger partial charge is 0.222 e. The zero-order chi connectivity index (χ0) is 21.0. The molecular weight excluding hydrogens is 368 g/mol. The zero-order valence-electron chi connectivity index (χ0n) is 17.1. The molecule has 3 rings (SSSR count). The monoisotopic (exact) mass is 396 g/mol. The summed E-state index contributed by atoms with van der Waals surface area (Å²) >= 11 is 0. The van der Waals surface area contributed by atoms with Crippen molar-refractivity contribution in [2.45, 2.75) is 38.3 Å². The number of likely N-dealkylation sites (tertiary alicyclic amines) is 1. The number of amides is 2. The van der Waals surface area contributed by atoms with Crippen LogP contribution in [0, 0.1) is 0 Å². The minimum Gasteiger partial charge on any atom is -0.497 e. The predicted molar refractivity (Wildman–Crippen MR) is 112 cm³/mol. The first-order valence-corrected chi connectivity index (χ1v) is 9.91. The molecule has 1 fully saturated rings. The number of nitrogens with zero attached hydrogens (tertiary/aromatic N) is 1. The van der Waals surface area contributed by atoms with Crippen molar-refractivity contribution < 1.29 is 19.4 Å². The maximum Gasteiger partial charge on any atom is 0.222 e. The molecule has 2 aromatic rings. The van der Waals surface area contributed by atoms with Gasteiger partial charge in [-0.1, -0.05) is 43.3 Å². The summed E-state index contributed by atoms with van der Waals surface area (Å²) in [5.74, 6) is 0.633. The topological polar surface area (TPSA) is 78.9 Å². The third-order valence-corrected chi connectivity index (χ3v) is 5.58. The van der Waals surface area contributed by atoms with E-state index in [9.17, 15) is 14.7 Å². The molecule has 1 aliphatic heterocycles. The van der Waals surface area contributed by atoms with Crippen molar-refractivity contribution in [2.24, 2.45) is 0 Å². The van der Waals surface area contributed by atoms with Crippen molar-refractivity contribution in [1.29, 1.82) is 0 Å². The number of carbonyl (C=O) groups is 2. The number of aliphatic hydroxyl groups is 1. The number of hydrogen-bond acceptors (Lipinski definition) is 4. The van der Waals surface area contributed by atoms with Gasteiger partial charge < -0.3 is 20.1 Å². The normalized spacial score (nSPS) is 20.7. The van der Waals surface area contributed by atoms with Crippen LogP contribution in [0.1, 0.15) is 31.7 Å². The molecule has 0 bridgehead atoms. The van der Waals surface area contributed by atoms with Crippen LogP contribution in [0.5, 0.6) is 5.75 Å². The van der Waals surface area contributed by atoms with Crippen LogP contribution in [0.4, 0.5) is 0 Å². The third-order valence-electron chi connectivity index (χ3n) is 5.58. The highest BCUT2D eigenvalue weighted by Gasteiger charge is 2.50. The van der Waals surface area contributed by atoms with Crippen molar-refractivity contribution >= 4 is 11.8 Å². The summed E-state index contributed by atoms with van der Waals surface area (Å²) in [6.45, 7) is 3.54. The molecule has 29 heavy (non-hydrogen) atoms. The fourth-order valence-electron chi connectivity index (χ4n) is 4.12. The Balaban J connectivity index is 1.86. The molecule has 154 valence electrons. The maximum atomic E-state index is 12.4. The average Bonchev–Trinajstić information content (AvgIpc) is 2.73. The first kappa shape index (κ1) is 20.9. The fourth-order valence-corrected chi connectivity index (χ4v) is 4.12. The van der Waals surface area contributed by atoms with E-state index in [0.717, 1.165) is 22.4 Å². The lowest BCUT2D eigenvalue weighted by Gasteiger charge is -2.55. The molecule has 2 aromatic carbocycles. The summed E-state index contributed by atoms with van der Waals surface area (Å²) in [5.41, 5.74) is 3.17. The Kier molecular flexibility index (Phi) is 6.54. The SMILES string of the molecule is CCC(=O)N1[C@H](CO)[C@H](c2ccc(-c3cccc(OC)c3)cc2)[C@@H]1CNC(C)=O. The van der Waals surface area contributed by atoms with Crippen molar-refractivity contribution in [3.05, 3.63) is 54.1 Å². The molecule has 2 amide bonds. The minimum absolute atomic E-state index is 0.0105. The number of benzene rings is 2. The highest BCUT2D eigenvalue weighted by molar-refractivity contribution is 5.79. The van der Waals surface area contributed by atoms with Gasteiger partial charge in [0, 0.05) is 25.8 Å². The Labute approximate surface area is 171 Å². The van der Waals surface area contributed by atoms with Crippen molar-refractivity contribution in [2.75, 3.05) is 20.3 Å². The van der Waals surface area contributed by atoms with Crippen LogP contribution in [0.25, 0.3) is 11.1 Å². The van der Waals surface area contributed by atoms with E-state index in [1.807, 2.05) is 55.5 Å². The molecule has 6 heteroatoms. The van der Waals surface area contributed by atoms with Crippen molar-refractivity contribution in [3.8, 4) is 16.9 Å². The van der Waals surface area contributed by atoms with Gasteiger partial charge in [-0.15, -0.1) is 0 Å². The summed E-state index contributed by atoms with van der Waals surface area (Å²) < 4.78 is 5.30. The van der Waals surface area contributed by atoms with Crippen LogP contribution in [0.15, 0.2) is 48.5 Å². The van der Waals surface area contributed by atoms with Crippen LogP contribution < -0.4 is 10.1 Å². The number of hydrogen-bond donors (Lipinski definition) is 2. The van der Waals surface area contributed by atoms with E-state index in [1.54, 1.807) is 12.0 Å². The van der Waals surface area contributed by atoms with E-state index >= 15 is 0 Å². The highest BCUT2D eigenvalue weighted by atomic mass is 16.5. The first-order valence-electron chi connectivity index (χ1n) is 9.91. The number of aliphatic hydroxyl groups excluding tert-OH is 1. The van der Waals surface area contributed by atoms with Gasteiger partial charge in [0.05, 0.1) is 25.8 Å². The van der Waals surface area contributed by atoms with Gasteiger partial charge in [0.25, 0.3) is 0 Å². The average molecular weight is 396 g/mol. The van der Waals surface area contributed by atoms with E-state index in [4.69, 9.17) is 4.74 Å². The summed E-state index contributed by atoms with van der Waals surface area (Å²) in [4.78, 5) is 25.5. The number of ether oxygens (including phenoxy) is 1. The van der Waals surface area contributed by atoms with Gasteiger partial charge in [0.1, 0.15) is 5.75 Å². The van der Waals surface area contributed by atoms with Gasteiger partial charge in [-0.05, 0) is 28.8 Å². The summed E-state index contributed by atoms with van der Waals surface area (Å²) in [7, 11) is 1.65. The Hall–Kier alpha value is -2.86. The van der Waals surface area contributed by atoms with Gasteiger partial charge in [0.2, 0.25) is 11.8 Å². The Bertz CT molecular complexity index is 865. The lowest BCUT2D eigenvalue weighted by atomic mass is 9.74. The number of methoxy groups -OCH3 is 1. The van der Waals surface area contributed by atoms with Crippen molar-refractivity contribution in [1.82, 2.24) is 10.2 Å². The molecule has 0 aromatic heterocycles. The number of rotatable bonds is 7. The zero-order valence-corrected chi connectivity index (χ0v) is 17.1. The molecule has 6 nitrogen and oxygen atoms in total. The van der Waals surface area contributed by atoms with Gasteiger partial charge >= 0.3 is 0 Å². The Morgan fingerprint density at radius 2 is 1.83 bits per heavy atom. The molecule has 0 radical (unpaired) electrons. The standard InChI is InChI=1S/C23H28N2O4/c1-4-22(28)25-20(13-24-15(2)27)23(21(25)14-26)17-10-8-16(9-11-17)18-6-5-7-19(12-18)29-3/h5-12,20-21,23,26H,4,13-14H2,1-3H3,(H,24,27)/t20-,21+,23+/m0/s1. The van der Waals surface area contributed by atoms with Crippen LogP contribution in [0.2, 0.25) is 0 Å². The first-order chi connectivity index (χ1) is 14.0. The third kappa shape index (κ3) is 4.27. The van der Waals surface area contributed by atoms with Gasteiger partial charge in [-0.25, -0.2) is 0 Å². The van der Waals surface area contributed by atoms with Crippen molar-refractivity contribution in [3.63, 3.8) is 0 Å². The molecule has 0 unspecified atom stereocenters. The van der Waals surface area contributed by atoms with Crippen LogP contribution >= 0.6 is 0 Å². The summed E-state index contributed by atoms with van der Waals surface area (Å²) in [6.07, 6.45) is 0.370. The van der Waals surface area contributed by atoms with Crippen LogP contribution in [-0.2, 0) is 9.59 Å². The quantitative estimate of drug-likeness (QED) is 0.754. The largest absolute Gasteiger partial charge is 0.497 e. The number of nitrogens with one attached hydrogen (secondary N) is 1. The molecule has 1 aliphatic rings. The van der Waals surface area contributed by atoms with Crippen LogP contribution in [-0.4, -0.2) is 54.2 Å². The fraction of sp³-hybridized carbons (Fsp3) is 0.391. The minimum atomic E-state index is -0.274. The van der Waals surface area contributed by atoms with Crippen LogP contribution in [0.3, 0.4) is 0 Å². The molecule has 1 saturated heterocycles. The molecule has 0 saturated carbocycles. The predicted octanol–water partition coefficient (Wildman–Crippen LogP) is 2.56. The molecule has 1 heterocycles. The molecule has 0 spiro atoms. The molecule has 0 aliphatic carbocycles. The van der Waals surface area contributed by atoms with E-state index in [0.29, 0.717) is 13.0 Å². The van der Waals surface area contributed by atoms with Gasteiger partial charge in [-0.3, -0.25) is 9.59 Å². The lowest BCUT2D eigenvalue weighted by Crippen LogP contribution is -2.68. The Morgan fingerprint density at radius 1 is 1.10 bits per heavy atom. The van der Waals surface area contributed by atoms with E-state index in [-0.39, 0.29) is 36.4 Å². The second-order valence-electron chi connectivity index (χ2n) is 7.29. The van der Waals surface area contributed by atoms with Gasteiger partial charge in [-0.2, -0.15) is 0 Å². The Morgan fingerprint density at radius 3 is 2.41 bits per heavy atom. The molecular formula is C23H28N2O4. The summed E-state index contributed by atoms with van der Waals surface area (Å²) in [5, 5.41) is 12.7. The highest BCUT2D eigenvalue weighted by Crippen LogP contribution is 2.41. The lowest BCUT2D eigenvalue weighted by molar-refractivity contribution is -0.150. The van der Waals surface area contributed by atoms with E-state index < -0.39 is 0 Å². The maximum absolute atomic E-state index is 12.4. The molecule has 3 atom stereocenters. The second kappa shape index (κ2) is 9.09. The van der Waals surface area contributed by atoms with Gasteiger partial charge in [0.15, 0.2) is 0 Å². The number of carbonyl (C=O) groups excluding carboxylic acids is 2. The summed E-state index contributed by atoms with van der Waals surface area (Å²) in [6, 6.07) is 15.6. The van der Waals surface area contributed by atoms with E-state index in [1.165, 1.54) is 6.92 Å². The molecule has 2 N–H and O–H groups in total.